The summed E-state index contributed by atoms with van der Waals surface area (Å²) in [6.45, 7) is 10.1. The van der Waals surface area contributed by atoms with Gasteiger partial charge in [0.05, 0.1) is 59.1 Å². The lowest BCUT2D eigenvalue weighted by Gasteiger charge is -2.13. The molecule has 0 unspecified atom stereocenters. The van der Waals surface area contributed by atoms with Crippen LogP contribution in [0.2, 0.25) is 0 Å². The maximum absolute atomic E-state index is 11.1. The van der Waals surface area contributed by atoms with Crippen LogP contribution >= 0.6 is 0 Å². The molecule has 0 spiro atoms. The van der Waals surface area contributed by atoms with Crippen LogP contribution in [-0.4, -0.2) is 81.1 Å². The third kappa shape index (κ3) is 13.6. The van der Waals surface area contributed by atoms with E-state index in [2.05, 4.69) is 4.18 Å². The van der Waals surface area contributed by atoms with Crippen molar-refractivity contribution in [1.29, 1.82) is 0 Å². The number of carbonyl (C=O) groups is 1. The molecule has 186 valence electrons. The van der Waals surface area contributed by atoms with E-state index in [0.717, 1.165) is 45.9 Å². The van der Waals surface area contributed by atoms with Crippen molar-refractivity contribution in [2.24, 2.45) is 0 Å². The van der Waals surface area contributed by atoms with Crippen molar-refractivity contribution >= 4 is 16.4 Å². The molecule has 11 heteroatoms. The second kappa shape index (κ2) is 17.8. The fourth-order valence-electron chi connectivity index (χ4n) is 2.39. The zero-order valence-electron chi connectivity index (χ0n) is 19.7. The van der Waals surface area contributed by atoms with Gasteiger partial charge in [-0.2, -0.15) is 8.42 Å². The lowest BCUT2D eigenvalue weighted by atomic mass is 10.1. The van der Waals surface area contributed by atoms with Crippen molar-refractivity contribution in [3.05, 3.63) is 23.3 Å². The first-order valence-corrected chi connectivity index (χ1v) is 12.0. The Morgan fingerprint density at radius 3 is 1.78 bits per heavy atom. The van der Waals surface area contributed by atoms with Crippen LogP contribution in [-0.2, 0) is 39.9 Å². The van der Waals surface area contributed by atoms with Crippen molar-refractivity contribution in [1.82, 2.24) is 0 Å². The van der Waals surface area contributed by atoms with Gasteiger partial charge in [0, 0.05) is 18.8 Å². The lowest BCUT2D eigenvalue weighted by molar-refractivity contribution is -0.123. The molecule has 32 heavy (non-hydrogen) atoms. The first-order chi connectivity index (χ1) is 15.2. The molecule has 0 radical (unpaired) electrons. The highest BCUT2D eigenvalue weighted by Gasteiger charge is 2.16. The van der Waals surface area contributed by atoms with E-state index in [4.69, 9.17) is 28.4 Å². The highest BCUT2D eigenvalue weighted by atomic mass is 32.2. The maximum Gasteiger partial charge on any atom is 0.264 e. The van der Waals surface area contributed by atoms with Gasteiger partial charge in [-0.1, -0.05) is 0 Å². The summed E-state index contributed by atoms with van der Waals surface area (Å²) in [5, 5.41) is 0. The zero-order valence-corrected chi connectivity index (χ0v) is 20.6. The fraction of sp³-hybridized carbons (Fsp3) is 0.667. The molecule has 0 amide bonds. The van der Waals surface area contributed by atoms with Gasteiger partial charge in [-0.3, -0.25) is 8.98 Å². The van der Waals surface area contributed by atoms with Gasteiger partial charge < -0.3 is 28.4 Å². The predicted molar refractivity (Wildman–Crippen MR) is 119 cm³/mol. The van der Waals surface area contributed by atoms with Gasteiger partial charge in [-0.15, -0.1) is 0 Å². The summed E-state index contributed by atoms with van der Waals surface area (Å²) < 4.78 is 56.7. The minimum atomic E-state index is -3.60. The molecule has 0 atom stereocenters. The summed E-state index contributed by atoms with van der Waals surface area (Å²) in [4.78, 5) is 11.1. The largest absolute Gasteiger partial charge is 0.496 e. The molecule has 1 aliphatic heterocycles. The van der Waals surface area contributed by atoms with Gasteiger partial charge in [-0.05, 0) is 32.9 Å². The Morgan fingerprint density at radius 1 is 0.969 bits per heavy atom. The topological polar surface area (TPSA) is 116 Å². The second-order valence-electron chi connectivity index (χ2n) is 6.15. The van der Waals surface area contributed by atoms with E-state index in [1.54, 1.807) is 12.1 Å². The number of methoxy groups -OCH3 is 2. The summed E-state index contributed by atoms with van der Waals surface area (Å²) in [5.41, 5.74) is 0.540. The van der Waals surface area contributed by atoms with E-state index >= 15 is 0 Å². The number of benzene rings is 1. The van der Waals surface area contributed by atoms with Crippen LogP contribution in [0.5, 0.6) is 11.5 Å². The summed E-state index contributed by atoms with van der Waals surface area (Å²) in [6, 6.07) is 3.14. The number of hydrogen-bond acceptors (Lipinski definition) is 10. The Labute approximate surface area is 191 Å². The quantitative estimate of drug-likeness (QED) is 0.281. The fourth-order valence-corrected chi connectivity index (χ4v) is 2.73. The van der Waals surface area contributed by atoms with Crippen LogP contribution in [0.4, 0.5) is 0 Å². The van der Waals surface area contributed by atoms with Crippen LogP contribution in [0, 0.1) is 0 Å². The predicted octanol–water partition coefficient (Wildman–Crippen LogP) is 2.43. The van der Waals surface area contributed by atoms with Crippen LogP contribution in [0.15, 0.2) is 12.1 Å². The van der Waals surface area contributed by atoms with Gasteiger partial charge in [0.15, 0.2) is 12.6 Å². The zero-order chi connectivity index (χ0) is 24.4. The standard InChI is InChI=1S/C11H14O6S.C6H14O2.C4H8O2/c1-15-10-4-5-11(16-2)9(8(10)6-12)7-17-18(3,13)14;1-4-7-6(3)8-5-2;1-2-6-4-3-5-1/h4-6H,7H2,1-3H3;6H,4-5H2,1-3H3;1-4H2. The van der Waals surface area contributed by atoms with Crippen LogP contribution in [0.3, 0.4) is 0 Å². The highest BCUT2D eigenvalue weighted by Crippen LogP contribution is 2.30. The molecule has 1 heterocycles. The molecular weight excluding hydrogens is 444 g/mol. The first-order valence-electron chi connectivity index (χ1n) is 10.2. The average molecular weight is 481 g/mol. The molecule has 0 aromatic heterocycles. The van der Waals surface area contributed by atoms with Crippen molar-refractivity contribution in [2.45, 2.75) is 33.7 Å². The number of hydrogen-bond donors (Lipinski definition) is 0. The van der Waals surface area contributed by atoms with Gasteiger partial charge in [0.2, 0.25) is 0 Å². The van der Waals surface area contributed by atoms with E-state index in [-0.39, 0.29) is 18.5 Å². The van der Waals surface area contributed by atoms with Crippen LogP contribution in [0.1, 0.15) is 36.7 Å². The SMILES string of the molecule is C1COCCO1.CCOC(C)OCC.COc1ccc(OC)c(COS(C)(=O)=O)c1C=O. The molecule has 1 aromatic carbocycles. The van der Waals surface area contributed by atoms with Crippen molar-refractivity contribution < 1.29 is 45.8 Å². The summed E-state index contributed by atoms with van der Waals surface area (Å²) in [6.07, 6.45) is 1.47. The average Bonchev–Trinajstić information content (AvgIpc) is 2.78. The summed E-state index contributed by atoms with van der Waals surface area (Å²) >= 11 is 0. The molecule has 1 aromatic rings. The molecular formula is C21H36O10S. The first kappa shape index (κ1) is 30.2. The Kier molecular flexibility index (Phi) is 16.8. The van der Waals surface area contributed by atoms with Crippen LogP contribution in [0.25, 0.3) is 0 Å². The van der Waals surface area contributed by atoms with E-state index in [0.29, 0.717) is 23.3 Å². The molecule has 1 fully saturated rings. The molecule has 1 saturated heterocycles. The number of aldehydes is 1. The van der Waals surface area contributed by atoms with Crippen LogP contribution < -0.4 is 9.47 Å². The molecule has 0 N–H and O–H groups in total. The van der Waals surface area contributed by atoms with Crippen molar-refractivity contribution in [3.63, 3.8) is 0 Å². The van der Waals surface area contributed by atoms with E-state index in [1.807, 2.05) is 20.8 Å². The Morgan fingerprint density at radius 2 is 1.44 bits per heavy atom. The van der Waals surface area contributed by atoms with E-state index < -0.39 is 10.1 Å². The maximum atomic E-state index is 11.1. The molecule has 0 saturated carbocycles. The van der Waals surface area contributed by atoms with Gasteiger partial charge >= 0.3 is 0 Å². The molecule has 0 aliphatic carbocycles. The van der Waals surface area contributed by atoms with Crippen molar-refractivity contribution in [2.75, 3.05) is 60.1 Å². The smallest absolute Gasteiger partial charge is 0.264 e. The van der Waals surface area contributed by atoms with Crippen molar-refractivity contribution in [3.8, 4) is 11.5 Å². The Balaban J connectivity index is 0.000000561. The molecule has 1 aliphatic rings. The van der Waals surface area contributed by atoms with E-state index in [9.17, 15) is 13.2 Å². The Bertz CT molecular complexity index is 715. The number of rotatable bonds is 10. The molecule has 10 nitrogen and oxygen atoms in total. The third-order valence-corrected chi connectivity index (χ3v) is 4.34. The van der Waals surface area contributed by atoms with Gasteiger partial charge in [-0.25, -0.2) is 0 Å². The van der Waals surface area contributed by atoms with Gasteiger partial charge in [0.1, 0.15) is 11.5 Å². The second-order valence-corrected chi connectivity index (χ2v) is 7.79. The summed E-state index contributed by atoms with van der Waals surface area (Å²) in [7, 11) is -0.774. The highest BCUT2D eigenvalue weighted by molar-refractivity contribution is 7.85. The van der Waals surface area contributed by atoms with Gasteiger partial charge in [0.25, 0.3) is 10.1 Å². The Hall–Kier alpha value is -1.76. The monoisotopic (exact) mass is 480 g/mol. The lowest BCUT2D eigenvalue weighted by Crippen LogP contribution is -2.16. The number of ether oxygens (including phenoxy) is 6. The number of carbonyl (C=O) groups excluding carboxylic acids is 1. The third-order valence-electron chi connectivity index (χ3n) is 3.80. The van der Waals surface area contributed by atoms with E-state index in [1.165, 1.54) is 14.2 Å². The molecule has 2 rings (SSSR count). The minimum absolute atomic E-state index is 0.0370. The molecule has 0 bridgehead atoms. The summed E-state index contributed by atoms with van der Waals surface area (Å²) in [5.74, 6) is 0.694. The minimum Gasteiger partial charge on any atom is -0.496 e. The normalized spacial score (nSPS) is 13.3.